The molecule has 114 valence electrons. The van der Waals surface area contributed by atoms with Crippen LogP contribution in [0, 0.1) is 0 Å². The summed E-state index contributed by atoms with van der Waals surface area (Å²) >= 11 is 0. The van der Waals surface area contributed by atoms with Gasteiger partial charge in [-0.05, 0) is 25.0 Å². The maximum Gasteiger partial charge on any atom is 0.420 e. The van der Waals surface area contributed by atoms with Gasteiger partial charge in [0.15, 0.2) is 5.58 Å². The molecule has 0 fully saturated rings. The first-order valence-electron chi connectivity index (χ1n) is 7.06. The number of nitrogens with one attached hydrogen (secondary N) is 1. The highest BCUT2D eigenvalue weighted by molar-refractivity contribution is 5.79. The summed E-state index contributed by atoms with van der Waals surface area (Å²) in [6.07, 6.45) is 1.11. The molecule has 0 bridgehead atoms. The third-order valence-corrected chi connectivity index (χ3v) is 3.81. The van der Waals surface area contributed by atoms with Gasteiger partial charge in [-0.25, -0.2) is 4.79 Å². The molecule has 6 heteroatoms. The molecule has 0 saturated heterocycles. The number of amides is 1. The van der Waals surface area contributed by atoms with Crippen LogP contribution in [0.4, 0.5) is 0 Å². The van der Waals surface area contributed by atoms with E-state index in [1.54, 1.807) is 24.3 Å². The van der Waals surface area contributed by atoms with Gasteiger partial charge in [-0.1, -0.05) is 26.0 Å². The quantitative estimate of drug-likeness (QED) is 0.839. The van der Waals surface area contributed by atoms with Crippen molar-refractivity contribution in [3.05, 3.63) is 34.8 Å². The highest BCUT2D eigenvalue weighted by atomic mass is 16.4. The largest absolute Gasteiger partial charge is 0.420 e. The zero-order valence-electron chi connectivity index (χ0n) is 12.3. The normalized spacial score (nSPS) is 11.8. The van der Waals surface area contributed by atoms with Gasteiger partial charge in [-0.15, -0.1) is 0 Å². The number of carbonyl (C=O) groups is 1. The van der Waals surface area contributed by atoms with Gasteiger partial charge in [-0.2, -0.15) is 0 Å². The summed E-state index contributed by atoms with van der Waals surface area (Å²) in [5.74, 6) is -0.892. The van der Waals surface area contributed by atoms with Gasteiger partial charge in [-0.3, -0.25) is 9.36 Å². The molecule has 2 N–H and O–H groups in total. The van der Waals surface area contributed by atoms with Crippen molar-refractivity contribution in [1.82, 2.24) is 9.88 Å². The molecule has 0 saturated carbocycles. The fraction of sp³-hybridized carbons (Fsp3) is 0.467. The lowest BCUT2D eigenvalue weighted by molar-refractivity contribution is -0.123. The number of fused-ring (bicyclic) bond motifs is 1. The van der Waals surface area contributed by atoms with Crippen LogP contribution in [0.5, 0.6) is 0 Å². The molecule has 6 nitrogen and oxygen atoms in total. The first-order valence-corrected chi connectivity index (χ1v) is 7.06. The minimum atomic E-state index is -0.904. The predicted molar refractivity (Wildman–Crippen MR) is 79.0 cm³/mol. The number of oxazole rings is 1. The fourth-order valence-corrected chi connectivity index (χ4v) is 2.13. The lowest BCUT2D eigenvalue weighted by atomic mass is 9.98. The third-order valence-electron chi connectivity index (χ3n) is 3.81. The number of aromatic nitrogens is 1. The lowest BCUT2D eigenvalue weighted by Gasteiger charge is -2.25. The van der Waals surface area contributed by atoms with Crippen LogP contribution in [0.2, 0.25) is 0 Å². The minimum Gasteiger partial charge on any atom is -0.408 e. The van der Waals surface area contributed by atoms with Crippen LogP contribution >= 0.6 is 0 Å². The second-order valence-corrected chi connectivity index (χ2v) is 5.13. The number of hydrogen-bond acceptors (Lipinski definition) is 4. The van der Waals surface area contributed by atoms with Gasteiger partial charge in [0, 0.05) is 6.54 Å². The average molecular weight is 292 g/mol. The van der Waals surface area contributed by atoms with Crippen LogP contribution in [0.25, 0.3) is 11.1 Å². The summed E-state index contributed by atoms with van der Waals surface area (Å²) in [4.78, 5) is 23.7. The minimum absolute atomic E-state index is 0.126. The summed E-state index contributed by atoms with van der Waals surface area (Å²) < 4.78 is 6.35. The summed E-state index contributed by atoms with van der Waals surface area (Å²) in [6.45, 7) is 3.77. The average Bonchev–Trinajstić information content (AvgIpc) is 2.81. The van der Waals surface area contributed by atoms with Crippen molar-refractivity contribution in [1.29, 1.82) is 0 Å². The third kappa shape index (κ3) is 3.33. The molecule has 21 heavy (non-hydrogen) atoms. The number of nitrogens with zero attached hydrogens (tertiary/aromatic N) is 1. The van der Waals surface area contributed by atoms with E-state index < -0.39 is 11.4 Å². The van der Waals surface area contributed by atoms with E-state index in [9.17, 15) is 14.7 Å². The number of hydrogen-bond donors (Lipinski definition) is 2. The molecule has 1 heterocycles. The molecular formula is C15H20N2O4. The Bertz CT molecular complexity index is 682. The molecular weight excluding hydrogens is 272 g/mol. The molecule has 0 spiro atoms. The number of rotatable bonds is 6. The first-order chi connectivity index (χ1) is 9.99. The monoisotopic (exact) mass is 292 g/mol. The van der Waals surface area contributed by atoms with E-state index in [-0.39, 0.29) is 19.0 Å². The van der Waals surface area contributed by atoms with Crippen LogP contribution in [0.15, 0.2) is 33.5 Å². The summed E-state index contributed by atoms with van der Waals surface area (Å²) in [6, 6.07) is 6.94. The van der Waals surface area contributed by atoms with E-state index in [1.165, 1.54) is 4.57 Å². The Morgan fingerprint density at radius 3 is 2.67 bits per heavy atom. The van der Waals surface area contributed by atoms with Gasteiger partial charge in [0.05, 0.1) is 11.1 Å². The van der Waals surface area contributed by atoms with Gasteiger partial charge >= 0.3 is 5.76 Å². The van der Waals surface area contributed by atoms with Crippen molar-refractivity contribution in [2.75, 3.05) is 6.54 Å². The van der Waals surface area contributed by atoms with Crippen molar-refractivity contribution < 1.29 is 14.3 Å². The van der Waals surface area contributed by atoms with Crippen molar-refractivity contribution in [2.45, 2.75) is 38.8 Å². The van der Waals surface area contributed by atoms with Crippen molar-refractivity contribution in [2.24, 2.45) is 0 Å². The van der Waals surface area contributed by atoms with Crippen molar-refractivity contribution in [3.8, 4) is 0 Å². The molecule has 2 aromatic rings. The van der Waals surface area contributed by atoms with Gasteiger partial charge in [0.25, 0.3) is 0 Å². The highest BCUT2D eigenvalue weighted by Gasteiger charge is 2.23. The Labute approximate surface area is 122 Å². The zero-order valence-corrected chi connectivity index (χ0v) is 12.3. The van der Waals surface area contributed by atoms with Gasteiger partial charge in [0.1, 0.15) is 6.54 Å². The fourth-order valence-electron chi connectivity index (χ4n) is 2.13. The number of aliphatic hydroxyl groups is 1. The van der Waals surface area contributed by atoms with Crippen LogP contribution < -0.4 is 11.1 Å². The van der Waals surface area contributed by atoms with Gasteiger partial charge < -0.3 is 14.8 Å². The van der Waals surface area contributed by atoms with Crippen LogP contribution in [0.1, 0.15) is 26.7 Å². The van der Waals surface area contributed by atoms with E-state index in [2.05, 4.69) is 5.32 Å². The standard InChI is InChI=1S/C15H20N2O4/c1-3-15(20,4-2)10-16-13(18)9-17-11-7-5-6-8-12(11)21-14(17)19/h5-8,20H,3-4,9-10H2,1-2H3,(H,16,18). The molecule has 0 radical (unpaired) electrons. The molecule has 0 atom stereocenters. The Kier molecular flexibility index (Phi) is 4.47. The van der Waals surface area contributed by atoms with E-state index >= 15 is 0 Å². The van der Waals surface area contributed by atoms with Crippen LogP contribution in [0.3, 0.4) is 0 Å². The predicted octanol–water partition coefficient (Wildman–Crippen LogP) is 1.26. The molecule has 0 aliphatic heterocycles. The number of carbonyl (C=O) groups excluding carboxylic acids is 1. The SMILES string of the molecule is CCC(O)(CC)CNC(=O)Cn1c(=O)oc2ccccc21. The van der Waals surface area contributed by atoms with E-state index in [0.717, 1.165) is 0 Å². The zero-order chi connectivity index (χ0) is 15.5. The number of para-hydroxylation sites is 2. The second-order valence-electron chi connectivity index (χ2n) is 5.13. The molecule has 0 aliphatic carbocycles. The smallest absolute Gasteiger partial charge is 0.408 e. The Hall–Kier alpha value is -2.08. The molecule has 0 unspecified atom stereocenters. The molecule has 1 aromatic carbocycles. The summed E-state index contributed by atoms with van der Waals surface area (Å²) in [5.41, 5.74) is 0.131. The topological polar surface area (TPSA) is 84.5 Å². The number of benzene rings is 1. The van der Waals surface area contributed by atoms with Crippen LogP contribution in [-0.2, 0) is 11.3 Å². The van der Waals surface area contributed by atoms with E-state index in [0.29, 0.717) is 23.9 Å². The van der Waals surface area contributed by atoms with Crippen LogP contribution in [-0.4, -0.2) is 27.7 Å². The maximum atomic E-state index is 12.0. The summed E-state index contributed by atoms with van der Waals surface area (Å²) in [7, 11) is 0. The van der Waals surface area contributed by atoms with Crippen molar-refractivity contribution >= 4 is 17.0 Å². The molecule has 0 aliphatic rings. The van der Waals surface area contributed by atoms with E-state index in [1.807, 2.05) is 13.8 Å². The maximum absolute atomic E-state index is 12.0. The highest BCUT2D eigenvalue weighted by Crippen LogP contribution is 2.13. The Balaban J connectivity index is 2.09. The first kappa shape index (κ1) is 15.3. The molecule has 1 aromatic heterocycles. The lowest BCUT2D eigenvalue weighted by Crippen LogP contribution is -2.43. The molecule has 2 rings (SSSR count). The Morgan fingerprint density at radius 2 is 2.00 bits per heavy atom. The Morgan fingerprint density at radius 1 is 1.33 bits per heavy atom. The van der Waals surface area contributed by atoms with Gasteiger partial charge in [0.2, 0.25) is 5.91 Å². The van der Waals surface area contributed by atoms with Crippen molar-refractivity contribution in [3.63, 3.8) is 0 Å². The summed E-state index contributed by atoms with van der Waals surface area (Å²) in [5, 5.41) is 12.8. The van der Waals surface area contributed by atoms with E-state index in [4.69, 9.17) is 4.42 Å². The molecule has 1 amide bonds. The second kappa shape index (κ2) is 6.13.